The predicted octanol–water partition coefficient (Wildman–Crippen LogP) is 5.85. The summed E-state index contributed by atoms with van der Waals surface area (Å²) in [5.74, 6) is 0. The summed E-state index contributed by atoms with van der Waals surface area (Å²) in [6.45, 7) is 0. The lowest BCUT2D eigenvalue weighted by molar-refractivity contribution is 1.57. The van der Waals surface area contributed by atoms with Crippen molar-refractivity contribution in [1.29, 1.82) is 0 Å². The first-order valence-corrected chi connectivity index (χ1v) is 8.61. The van der Waals surface area contributed by atoms with Gasteiger partial charge >= 0.3 is 0 Å². The molecule has 4 N–H and O–H groups in total. The van der Waals surface area contributed by atoms with Crippen LogP contribution in [0.4, 0.5) is 11.4 Å². The van der Waals surface area contributed by atoms with Crippen molar-refractivity contribution in [2.24, 2.45) is 0 Å². The highest BCUT2D eigenvalue weighted by Crippen LogP contribution is 2.30. The van der Waals surface area contributed by atoms with Gasteiger partial charge in [0.2, 0.25) is 0 Å². The van der Waals surface area contributed by atoms with Crippen molar-refractivity contribution in [3.05, 3.63) is 97.1 Å². The zero-order valence-electron chi connectivity index (χ0n) is 14.4. The third kappa shape index (κ3) is 3.31. The van der Waals surface area contributed by atoms with Crippen LogP contribution in [0.2, 0.25) is 0 Å². The Morgan fingerprint density at radius 2 is 0.615 bits per heavy atom. The quantitative estimate of drug-likeness (QED) is 0.461. The lowest BCUT2D eigenvalue weighted by Crippen LogP contribution is -1.87. The van der Waals surface area contributed by atoms with Crippen LogP contribution in [0.25, 0.3) is 33.4 Å². The van der Waals surface area contributed by atoms with Gasteiger partial charge in [-0.15, -0.1) is 0 Å². The minimum atomic E-state index is 0.775. The molecule has 26 heavy (non-hydrogen) atoms. The number of nitrogens with two attached hydrogens (primary N) is 2. The van der Waals surface area contributed by atoms with Crippen molar-refractivity contribution in [1.82, 2.24) is 0 Å². The SMILES string of the molecule is Nc1cccc(-c2cccc(-c3cccc(-c4cccc(N)c4)c3)c2)c1. The maximum absolute atomic E-state index is 5.93. The van der Waals surface area contributed by atoms with Crippen molar-refractivity contribution < 1.29 is 0 Å². The Balaban J connectivity index is 1.75. The van der Waals surface area contributed by atoms with Gasteiger partial charge in [-0.05, 0) is 69.8 Å². The van der Waals surface area contributed by atoms with Crippen LogP contribution in [0, 0.1) is 0 Å². The smallest absolute Gasteiger partial charge is 0.0320 e. The standard InChI is InChI=1S/C24H20N2/c25-23-11-3-9-21(15-23)19-7-1-5-17(13-19)18-6-2-8-20(14-18)22-10-4-12-24(26)16-22/h1-16H,25-26H2. The molecule has 0 aliphatic carbocycles. The average molecular weight is 336 g/mol. The predicted molar refractivity (Wildman–Crippen MR) is 112 cm³/mol. The van der Waals surface area contributed by atoms with E-state index in [4.69, 9.17) is 11.5 Å². The maximum Gasteiger partial charge on any atom is 0.0320 e. The van der Waals surface area contributed by atoms with Gasteiger partial charge in [0.1, 0.15) is 0 Å². The second-order valence-corrected chi connectivity index (χ2v) is 6.41. The molecule has 4 aromatic carbocycles. The van der Waals surface area contributed by atoms with E-state index in [9.17, 15) is 0 Å². The van der Waals surface area contributed by atoms with E-state index < -0.39 is 0 Å². The molecule has 4 rings (SSSR count). The van der Waals surface area contributed by atoms with Crippen LogP contribution in [-0.4, -0.2) is 0 Å². The number of benzene rings is 4. The number of nitrogen functional groups attached to an aromatic ring is 2. The van der Waals surface area contributed by atoms with E-state index in [1.165, 1.54) is 11.1 Å². The van der Waals surface area contributed by atoms with E-state index >= 15 is 0 Å². The fourth-order valence-electron chi connectivity index (χ4n) is 3.19. The Morgan fingerprint density at radius 3 is 0.923 bits per heavy atom. The van der Waals surface area contributed by atoms with Gasteiger partial charge in [-0.2, -0.15) is 0 Å². The van der Waals surface area contributed by atoms with Crippen molar-refractivity contribution in [3.63, 3.8) is 0 Å². The van der Waals surface area contributed by atoms with Crippen LogP contribution < -0.4 is 11.5 Å². The summed E-state index contributed by atoms with van der Waals surface area (Å²) in [5, 5.41) is 0. The molecule has 0 spiro atoms. The molecule has 0 atom stereocenters. The molecule has 0 amide bonds. The molecule has 0 saturated heterocycles. The Hall–Kier alpha value is -3.52. The van der Waals surface area contributed by atoms with E-state index in [1.54, 1.807) is 0 Å². The molecule has 2 nitrogen and oxygen atoms in total. The van der Waals surface area contributed by atoms with E-state index in [0.717, 1.165) is 33.6 Å². The first kappa shape index (κ1) is 16.0. The molecular weight excluding hydrogens is 316 g/mol. The van der Waals surface area contributed by atoms with Crippen LogP contribution in [0.15, 0.2) is 97.1 Å². The van der Waals surface area contributed by atoms with Gasteiger partial charge in [0.25, 0.3) is 0 Å². The summed E-state index contributed by atoms with van der Waals surface area (Å²) in [6, 6.07) is 33.0. The molecule has 0 heterocycles. The summed E-state index contributed by atoms with van der Waals surface area (Å²) in [5.41, 5.74) is 20.3. The number of anilines is 2. The Kier molecular flexibility index (Phi) is 4.16. The molecule has 0 aromatic heterocycles. The van der Waals surface area contributed by atoms with E-state index in [2.05, 4.69) is 60.7 Å². The number of hydrogen-bond donors (Lipinski definition) is 2. The van der Waals surface area contributed by atoms with Gasteiger partial charge in [-0.3, -0.25) is 0 Å². The molecule has 4 aromatic rings. The first-order chi connectivity index (χ1) is 12.7. The highest BCUT2D eigenvalue weighted by atomic mass is 14.5. The lowest BCUT2D eigenvalue weighted by atomic mass is 9.96. The van der Waals surface area contributed by atoms with Crippen LogP contribution in [0.5, 0.6) is 0 Å². The molecule has 0 saturated carbocycles. The molecule has 0 fully saturated rings. The van der Waals surface area contributed by atoms with Gasteiger partial charge in [0.15, 0.2) is 0 Å². The molecular formula is C24H20N2. The zero-order valence-corrected chi connectivity index (χ0v) is 14.4. The van der Waals surface area contributed by atoms with Crippen LogP contribution in [-0.2, 0) is 0 Å². The fourth-order valence-corrected chi connectivity index (χ4v) is 3.19. The normalized spacial score (nSPS) is 10.6. The Morgan fingerprint density at radius 1 is 0.346 bits per heavy atom. The molecule has 2 heteroatoms. The topological polar surface area (TPSA) is 52.0 Å². The van der Waals surface area contributed by atoms with Gasteiger partial charge < -0.3 is 11.5 Å². The van der Waals surface area contributed by atoms with Crippen molar-refractivity contribution >= 4 is 11.4 Å². The first-order valence-electron chi connectivity index (χ1n) is 8.61. The number of rotatable bonds is 3. The highest BCUT2D eigenvalue weighted by Gasteiger charge is 2.05. The second-order valence-electron chi connectivity index (χ2n) is 6.41. The third-order valence-corrected chi connectivity index (χ3v) is 4.50. The summed E-state index contributed by atoms with van der Waals surface area (Å²) >= 11 is 0. The fraction of sp³-hybridized carbons (Fsp3) is 0. The third-order valence-electron chi connectivity index (χ3n) is 4.50. The zero-order chi connectivity index (χ0) is 17.9. The van der Waals surface area contributed by atoms with Gasteiger partial charge in [-0.25, -0.2) is 0 Å². The van der Waals surface area contributed by atoms with Gasteiger partial charge in [0, 0.05) is 11.4 Å². The monoisotopic (exact) mass is 336 g/mol. The minimum Gasteiger partial charge on any atom is -0.399 e. The molecule has 0 radical (unpaired) electrons. The maximum atomic E-state index is 5.93. The summed E-state index contributed by atoms with van der Waals surface area (Å²) in [4.78, 5) is 0. The van der Waals surface area contributed by atoms with Crippen molar-refractivity contribution in [3.8, 4) is 33.4 Å². The summed E-state index contributed by atoms with van der Waals surface area (Å²) in [7, 11) is 0. The Labute approximate surface area is 153 Å². The molecule has 0 aliphatic heterocycles. The largest absolute Gasteiger partial charge is 0.399 e. The van der Waals surface area contributed by atoms with Crippen LogP contribution in [0.1, 0.15) is 0 Å². The van der Waals surface area contributed by atoms with Crippen LogP contribution in [0.3, 0.4) is 0 Å². The van der Waals surface area contributed by atoms with Crippen molar-refractivity contribution in [2.75, 3.05) is 11.5 Å². The minimum absolute atomic E-state index is 0.775. The molecule has 126 valence electrons. The Bertz CT molecular complexity index is 980. The van der Waals surface area contributed by atoms with Gasteiger partial charge in [0.05, 0.1) is 0 Å². The molecule has 0 unspecified atom stereocenters. The van der Waals surface area contributed by atoms with Gasteiger partial charge in [-0.1, -0.05) is 60.7 Å². The summed E-state index contributed by atoms with van der Waals surface area (Å²) in [6.07, 6.45) is 0. The lowest BCUT2D eigenvalue weighted by Gasteiger charge is -2.09. The van der Waals surface area contributed by atoms with E-state index in [0.29, 0.717) is 0 Å². The molecule has 0 bridgehead atoms. The van der Waals surface area contributed by atoms with Crippen LogP contribution >= 0.6 is 0 Å². The highest BCUT2D eigenvalue weighted by molar-refractivity contribution is 5.78. The summed E-state index contributed by atoms with van der Waals surface area (Å²) < 4.78 is 0. The number of hydrogen-bond acceptors (Lipinski definition) is 2. The average Bonchev–Trinajstić information content (AvgIpc) is 2.68. The molecule has 0 aliphatic rings. The second kappa shape index (κ2) is 6.77. The van der Waals surface area contributed by atoms with E-state index in [1.807, 2.05) is 36.4 Å². The van der Waals surface area contributed by atoms with E-state index in [-0.39, 0.29) is 0 Å². The van der Waals surface area contributed by atoms with Crippen molar-refractivity contribution in [2.45, 2.75) is 0 Å².